The molecule has 5 nitrogen and oxygen atoms in total. The maximum absolute atomic E-state index is 11.1. The number of benzene rings is 1. The molecule has 90 valence electrons. The molecule has 0 aliphatic carbocycles. The van der Waals surface area contributed by atoms with Gasteiger partial charge in [0.25, 0.3) is 0 Å². The number of carboxylic acid groups (broad SMARTS) is 1. The number of hydrogen-bond acceptors (Lipinski definition) is 4. The summed E-state index contributed by atoms with van der Waals surface area (Å²) in [5.74, 6) is -1.13. The van der Waals surface area contributed by atoms with Crippen LogP contribution in [0, 0.1) is 0 Å². The molecule has 0 saturated carbocycles. The predicted octanol–water partition coefficient (Wildman–Crippen LogP) is 1.98. The van der Waals surface area contributed by atoms with E-state index in [4.69, 9.17) is 5.11 Å². The maximum Gasteiger partial charge on any atom is 0.358 e. The Morgan fingerprint density at radius 2 is 1.83 bits per heavy atom. The maximum atomic E-state index is 11.1. The van der Waals surface area contributed by atoms with Crippen molar-refractivity contribution in [3.05, 3.63) is 60.4 Å². The fourth-order valence-corrected chi connectivity index (χ4v) is 1.35. The van der Waals surface area contributed by atoms with E-state index >= 15 is 0 Å². The molecule has 0 aliphatic heterocycles. The minimum Gasteiger partial charge on any atom is -0.476 e. The molecule has 2 aromatic rings. The molecule has 5 heteroatoms. The third kappa shape index (κ3) is 2.91. The Morgan fingerprint density at radius 1 is 1.11 bits per heavy atom. The molecular weight excluding hydrogens is 230 g/mol. The van der Waals surface area contributed by atoms with E-state index in [2.05, 4.69) is 15.5 Å². The number of aromatic nitrogens is 1. The van der Waals surface area contributed by atoms with Crippen molar-refractivity contribution in [2.45, 2.75) is 0 Å². The van der Waals surface area contributed by atoms with Crippen LogP contribution in [-0.4, -0.2) is 21.8 Å². The zero-order valence-electron chi connectivity index (χ0n) is 9.45. The van der Waals surface area contributed by atoms with E-state index in [9.17, 15) is 4.79 Å². The summed E-state index contributed by atoms with van der Waals surface area (Å²) in [4.78, 5) is 15.1. The Balaban J connectivity index is 2.24. The van der Waals surface area contributed by atoms with Gasteiger partial charge in [0.2, 0.25) is 0 Å². The monoisotopic (exact) mass is 241 g/mol. The van der Waals surface area contributed by atoms with Gasteiger partial charge in [-0.05, 0) is 24.3 Å². The number of aliphatic carboxylic acids is 1. The highest BCUT2D eigenvalue weighted by Crippen LogP contribution is 2.06. The third-order valence-corrected chi connectivity index (χ3v) is 2.18. The van der Waals surface area contributed by atoms with E-state index in [0.717, 1.165) is 0 Å². The average molecular weight is 241 g/mol. The Kier molecular flexibility index (Phi) is 3.66. The summed E-state index contributed by atoms with van der Waals surface area (Å²) in [6.45, 7) is 0. The number of anilines is 1. The lowest BCUT2D eigenvalue weighted by molar-refractivity contribution is -0.129. The highest BCUT2D eigenvalue weighted by atomic mass is 16.4. The molecule has 1 aromatic carbocycles. The predicted molar refractivity (Wildman–Crippen MR) is 68.5 cm³/mol. The van der Waals surface area contributed by atoms with Crippen LogP contribution in [0.15, 0.2) is 59.8 Å². The second-order valence-corrected chi connectivity index (χ2v) is 3.46. The van der Waals surface area contributed by atoms with Crippen molar-refractivity contribution in [2.24, 2.45) is 5.10 Å². The van der Waals surface area contributed by atoms with Crippen LogP contribution in [0.2, 0.25) is 0 Å². The Morgan fingerprint density at radius 3 is 2.44 bits per heavy atom. The molecule has 0 bridgehead atoms. The Labute approximate surface area is 104 Å². The van der Waals surface area contributed by atoms with Gasteiger partial charge in [-0.2, -0.15) is 5.10 Å². The minimum atomic E-state index is -1.13. The van der Waals surface area contributed by atoms with Gasteiger partial charge in [-0.25, -0.2) is 4.79 Å². The Bertz CT molecular complexity index is 553. The van der Waals surface area contributed by atoms with Crippen LogP contribution in [0.4, 0.5) is 5.69 Å². The van der Waals surface area contributed by atoms with Gasteiger partial charge in [-0.15, -0.1) is 0 Å². The second-order valence-electron chi connectivity index (χ2n) is 3.46. The molecular formula is C13H11N3O2. The molecule has 0 radical (unpaired) electrons. The summed E-state index contributed by atoms with van der Waals surface area (Å²) in [7, 11) is 0. The van der Waals surface area contributed by atoms with Crippen LogP contribution in [0.3, 0.4) is 0 Å². The fourth-order valence-electron chi connectivity index (χ4n) is 1.35. The van der Waals surface area contributed by atoms with Gasteiger partial charge < -0.3 is 5.11 Å². The van der Waals surface area contributed by atoms with Gasteiger partial charge in [-0.1, -0.05) is 24.3 Å². The first-order valence-electron chi connectivity index (χ1n) is 5.31. The lowest BCUT2D eigenvalue weighted by atomic mass is 10.2. The van der Waals surface area contributed by atoms with Gasteiger partial charge in [0.1, 0.15) is 0 Å². The number of pyridine rings is 1. The van der Waals surface area contributed by atoms with E-state index in [1.807, 2.05) is 18.2 Å². The summed E-state index contributed by atoms with van der Waals surface area (Å²) in [5, 5.41) is 13.0. The summed E-state index contributed by atoms with van der Waals surface area (Å²) in [6, 6.07) is 14.1. The molecule has 1 aromatic heterocycles. The van der Waals surface area contributed by atoms with Gasteiger partial charge in [0.15, 0.2) is 5.71 Å². The summed E-state index contributed by atoms with van der Waals surface area (Å²) < 4.78 is 0. The molecule has 0 amide bonds. The van der Waals surface area contributed by atoms with E-state index in [1.165, 1.54) is 6.20 Å². The zero-order valence-corrected chi connectivity index (χ0v) is 9.45. The van der Waals surface area contributed by atoms with Gasteiger partial charge >= 0.3 is 5.97 Å². The van der Waals surface area contributed by atoms with Crippen molar-refractivity contribution in [3.63, 3.8) is 0 Å². The zero-order chi connectivity index (χ0) is 12.8. The number of hydrogen-bond donors (Lipinski definition) is 2. The number of rotatable bonds is 4. The SMILES string of the molecule is O=C(O)/C(=N\Nc1ccccc1)c1ccccn1. The molecule has 0 fully saturated rings. The van der Waals surface area contributed by atoms with Gasteiger partial charge in [-0.3, -0.25) is 10.4 Å². The van der Waals surface area contributed by atoms with E-state index in [-0.39, 0.29) is 5.71 Å². The van der Waals surface area contributed by atoms with Crippen molar-refractivity contribution in [1.82, 2.24) is 4.98 Å². The van der Waals surface area contributed by atoms with Crippen LogP contribution in [-0.2, 0) is 4.79 Å². The van der Waals surface area contributed by atoms with Gasteiger partial charge in [0.05, 0.1) is 11.4 Å². The first-order valence-corrected chi connectivity index (χ1v) is 5.31. The van der Waals surface area contributed by atoms with Crippen LogP contribution in [0.1, 0.15) is 5.69 Å². The molecule has 2 rings (SSSR count). The van der Waals surface area contributed by atoms with Crippen molar-refractivity contribution < 1.29 is 9.90 Å². The topological polar surface area (TPSA) is 74.6 Å². The fraction of sp³-hybridized carbons (Fsp3) is 0. The van der Waals surface area contributed by atoms with Crippen molar-refractivity contribution in [2.75, 3.05) is 5.43 Å². The van der Waals surface area contributed by atoms with Crippen LogP contribution >= 0.6 is 0 Å². The number of nitrogens with one attached hydrogen (secondary N) is 1. The lowest BCUT2D eigenvalue weighted by Crippen LogP contribution is -2.17. The third-order valence-electron chi connectivity index (χ3n) is 2.18. The first kappa shape index (κ1) is 11.8. The quantitative estimate of drug-likeness (QED) is 0.634. The van der Waals surface area contributed by atoms with Crippen molar-refractivity contribution in [3.8, 4) is 0 Å². The minimum absolute atomic E-state index is 0.126. The van der Waals surface area contributed by atoms with Crippen molar-refractivity contribution in [1.29, 1.82) is 0 Å². The number of hydrazone groups is 1. The van der Waals surface area contributed by atoms with Crippen LogP contribution < -0.4 is 5.43 Å². The largest absolute Gasteiger partial charge is 0.476 e. The summed E-state index contributed by atoms with van der Waals surface area (Å²) in [5.41, 5.74) is 3.59. The average Bonchev–Trinajstić information content (AvgIpc) is 2.41. The first-order chi connectivity index (χ1) is 8.77. The molecule has 0 atom stereocenters. The smallest absolute Gasteiger partial charge is 0.358 e. The molecule has 0 unspecified atom stereocenters. The second kappa shape index (κ2) is 5.58. The van der Waals surface area contributed by atoms with E-state index in [1.54, 1.807) is 30.3 Å². The van der Waals surface area contributed by atoms with E-state index in [0.29, 0.717) is 11.4 Å². The molecule has 0 aliphatic rings. The lowest BCUT2D eigenvalue weighted by Gasteiger charge is -2.02. The number of nitrogens with zero attached hydrogens (tertiary/aromatic N) is 2. The van der Waals surface area contributed by atoms with E-state index < -0.39 is 5.97 Å². The molecule has 0 saturated heterocycles. The highest BCUT2D eigenvalue weighted by molar-refractivity contribution is 6.42. The molecule has 0 spiro atoms. The summed E-state index contributed by atoms with van der Waals surface area (Å²) in [6.07, 6.45) is 1.52. The molecule has 2 N–H and O–H groups in total. The van der Waals surface area contributed by atoms with Gasteiger partial charge in [0, 0.05) is 6.20 Å². The number of carboxylic acids is 1. The number of carbonyl (C=O) groups is 1. The van der Waals surface area contributed by atoms with Crippen LogP contribution in [0.5, 0.6) is 0 Å². The standard InChI is InChI=1S/C13H11N3O2/c17-13(18)12(11-8-4-5-9-14-11)16-15-10-6-2-1-3-7-10/h1-9,15H,(H,17,18)/b16-12-. The van der Waals surface area contributed by atoms with Crippen LogP contribution in [0.25, 0.3) is 0 Å². The number of para-hydroxylation sites is 1. The normalized spacial score (nSPS) is 11.0. The van der Waals surface area contributed by atoms with Crippen molar-refractivity contribution >= 4 is 17.4 Å². The Hall–Kier alpha value is -2.69. The summed E-state index contributed by atoms with van der Waals surface area (Å²) >= 11 is 0. The highest BCUT2D eigenvalue weighted by Gasteiger charge is 2.13. The molecule has 18 heavy (non-hydrogen) atoms. The molecule has 1 heterocycles.